The van der Waals surface area contributed by atoms with Gasteiger partial charge in [0.15, 0.2) is 5.69 Å². The summed E-state index contributed by atoms with van der Waals surface area (Å²) < 4.78 is 18.6. The van der Waals surface area contributed by atoms with Crippen LogP contribution in [0.4, 0.5) is 0 Å². The van der Waals surface area contributed by atoms with Crippen molar-refractivity contribution in [2.45, 2.75) is 19.3 Å². The Kier molecular flexibility index (Phi) is 4.49. The molecule has 2 aromatic heterocycles. The highest BCUT2D eigenvalue weighted by atomic mass is 35.5. The fraction of sp³-hybridized carbons (Fsp3) is 0.200. The molecule has 0 spiro atoms. The molecule has 146 valence electrons. The van der Waals surface area contributed by atoms with Gasteiger partial charge < -0.3 is 14.0 Å². The number of ether oxygens (including phenoxy) is 2. The van der Waals surface area contributed by atoms with Crippen LogP contribution in [0.2, 0.25) is 5.02 Å². The van der Waals surface area contributed by atoms with Crippen LogP contribution in [0.5, 0.6) is 5.75 Å². The second-order valence-corrected chi connectivity index (χ2v) is 6.98. The molecule has 0 bridgehead atoms. The van der Waals surface area contributed by atoms with Crippen LogP contribution in [-0.4, -0.2) is 32.2 Å². The van der Waals surface area contributed by atoms with Gasteiger partial charge in [-0.1, -0.05) is 46.2 Å². The average molecular weight is 410 g/mol. The zero-order chi connectivity index (χ0) is 19.8. The summed E-state index contributed by atoms with van der Waals surface area (Å²) in [5.74, 6) is 1.37. The van der Waals surface area contributed by atoms with Gasteiger partial charge in [-0.3, -0.25) is 0 Å². The van der Waals surface area contributed by atoms with Crippen molar-refractivity contribution in [2.75, 3.05) is 7.11 Å². The van der Waals surface area contributed by atoms with E-state index >= 15 is 0 Å². The van der Waals surface area contributed by atoms with E-state index in [0.717, 1.165) is 11.3 Å². The van der Waals surface area contributed by atoms with Gasteiger partial charge in [0.2, 0.25) is 5.82 Å². The SMILES string of the molecule is COc1ccccc1-c1nc(-c2nnn3c2CO[C@H](c2ccc(Cl)cc2)C3)no1. The minimum absolute atomic E-state index is 0.122. The molecule has 0 saturated heterocycles. The molecule has 29 heavy (non-hydrogen) atoms. The van der Waals surface area contributed by atoms with E-state index in [1.165, 1.54) is 0 Å². The molecule has 0 N–H and O–H groups in total. The molecule has 1 aliphatic rings. The molecule has 0 radical (unpaired) electrons. The first-order chi connectivity index (χ1) is 14.2. The van der Waals surface area contributed by atoms with Crippen LogP contribution in [0.3, 0.4) is 0 Å². The Bertz CT molecular complexity index is 1160. The lowest BCUT2D eigenvalue weighted by molar-refractivity contribution is -0.00111. The predicted octanol–water partition coefficient (Wildman–Crippen LogP) is 3.93. The molecule has 4 aromatic rings. The summed E-state index contributed by atoms with van der Waals surface area (Å²) >= 11 is 5.97. The predicted molar refractivity (Wildman–Crippen MR) is 104 cm³/mol. The van der Waals surface area contributed by atoms with Gasteiger partial charge in [-0.2, -0.15) is 4.98 Å². The normalized spacial score (nSPS) is 15.9. The minimum Gasteiger partial charge on any atom is -0.496 e. The average Bonchev–Trinajstić information content (AvgIpc) is 3.40. The van der Waals surface area contributed by atoms with Gasteiger partial charge in [0.25, 0.3) is 5.89 Å². The second kappa shape index (κ2) is 7.31. The van der Waals surface area contributed by atoms with E-state index in [4.69, 9.17) is 25.6 Å². The lowest BCUT2D eigenvalue weighted by atomic mass is 10.1. The highest BCUT2D eigenvalue weighted by Gasteiger charge is 2.28. The molecule has 9 heteroatoms. The molecule has 1 aliphatic heterocycles. The van der Waals surface area contributed by atoms with Crippen molar-refractivity contribution in [1.82, 2.24) is 25.1 Å². The van der Waals surface area contributed by atoms with Crippen LogP contribution in [0.25, 0.3) is 23.0 Å². The van der Waals surface area contributed by atoms with Crippen molar-refractivity contribution in [2.24, 2.45) is 0 Å². The number of para-hydroxylation sites is 1. The molecule has 2 aromatic carbocycles. The summed E-state index contributed by atoms with van der Waals surface area (Å²) in [6.07, 6.45) is -0.122. The molecule has 0 amide bonds. The zero-order valence-electron chi connectivity index (χ0n) is 15.4. The van der Waals surface area contributed by atoms with E-state index in [0.29, 0.717) is 46.9 Å². The lowest BCUT2D eigenvalue weighted by Gasteiger charge is -2.24. The zero-order valence-corrected chi connectivity index (χ0v) is 16.2. The molecule has 3 heterocycles. The summed E-state index contributed by atoms with van der Waals surface area (Å²) in [6.45, 7) is 0.884. The van der Waals surface area contributed by atoms with Crippen molar-refractivity contribution in [3.05, 3.63) is 64.8 Å². The molecule has 1 atom stereocenters. The molecule has 8 nitrogen and oxygen atoms in total. The highest BCUT2D eigenvalue weighted by Crippen LogP contribution is 2.33. The van der Waals surface area contributed by atoms with E-state index in [2.05, 4.69) is 20.5 Å². The summed E-state index contributed by atoms with van der Waals surface area (Å²) in [7, 11) is 1.60. The number of methoxy groups -OCH3 is 1. The van der Waals surface area contributed by atoms with E-state index < -0.39 is 0 Å². The maximum atomic E-state index is 6.03. The molecule has 0 fully saturated rings. The van der Waals surface area contributed by atoms with Crippen LogP contribution in [0.1, 0.15) is 17.4 Å². The summed E-state index contributed by atoms with van der Waals surface area (Å²) in [4.78, 5) is 4.48. The topological polar surface area (TPSA) is 88.1 Å². The third-order valence-corrected chi connectivity index (χ3v) is 5.07. The monoisotopic (exact) mass is 409 g/mol. The number of nitrogens with zero attached hydrogens (tertiary/aromatic N) is 5. The van der Waals surface area contributed by atoms with E-state index in [-0.39, 0.29) is 6.10 Å². The standard InChI is InChI=1S/C20H16ClN5O3/c1-27-16-5-3-2-4-14(16)20-22-19(24-29-20)18-15-11-28-17(10-26(15)25-23-18)12-6-8-13(21)9-7-12/h2-9,17H,10-11H2,1H3/t17-/m0/s1. The van der Waals surface area contributed by atoms with Crippen molar-refractivity contribution < 1.29 is 14.0 Å². The Morgan fingerprint density at radius 2 is 1.97 bits per heavy atom. The van der Waals surface area contributed by atoms with Crippen LogP contribution < -0.4 is 4.74 Å². The Hall–Kier alpha value is -3.23. The molecule has 0 aliphatic carbocycles. The number of rotatable bonds is 4. The fourth-order valence-corrected chi connectivity index (χ4v) is 3.44. The molecular weight excluding hydrogens is 394 g/mol. The van der Waals surface area contributed by atoms with Crippen molar-refractivity contribution >= 4 is 11.6 Å². The van der Waals surface area contributed by atoms with E-state index in [9.17, 15) is 0 Å². The van der Waals surface area contributed by atoms with E-state index in [1.807, 2.05) is 53.2 Å². The van der Waals surface area contributed by atoms with Gasteiger partial charge in [0.1, 0.15) is 11.9 Å². The van der Waals surface area contributed by atoms with Gasteiger partial charge in [0.05, 0.1) is 31.5 Å². The molecular formula is C20H16ClN5O3. The van der Waals surface area contributed by atoms with Gasteiger partial charge in [-0.05, 0) is 29.8 Å². The maximum Gasteiger partial charge on any atom is 0.262 e. The number of hydrogen-bond donors (Lipinski definition) is 0. The Morgan fingerprint density at radius 1 is 1.14 bits per heavy atom. The number of aromatic nitrogens is 5. The summed E-state index contributed by atoms with van der Waals surface area (Å²) in [5, 5.41) is 13.3. The van der Waals surface area contributed by atoms with Crippen LogP contribution in [-0.2, 0) is 17.9 Å². The smallest absolute Gasteiger partial charge is 0.262 e. The first-order valence-electron chi connectivity index (χ1n) is 9.00. The summed E-state index contributed by atoms with van der Waals surface area (Å²) in [5.41, 5.74) is 3.11. The third-order valence-electron chi connectivity index (χ3n) is 4.81. The Labute approximate surface area is 171 Å². The molecule has 5 rings (SSSR count). The van der Waals surface area contributed by atoms with E-state index in [1.54, 1.807) is 7.11 Å². The first-order valence-corrected chi connectivity index (χ1v) is 9.37. The van der Waals surface area contributed by atoms with Gasteiger partial charge in [-0.15, -0.1) is 5.10 Å². The quantitative estimate of drug-likeness (QED) is 0.504. The van der Waals surface area contributed by atoms with Crippen molar-refractivity contribution in [3.8, 4) is 28.7 Å². The molecule has 0 unspecified atom stereocenters. The first kappa shape index (κ1) is 17.8. The van der Waals surface area contributed by atoms with Gasteiger partial charge >= 0.3 is 0 Å². The minimum atomic E-state index is -0.122. The Balaban J connectivity index is 1.42. The van der Waals surface area contributed by atoms with Crippen LogP contribution in [0.15, 0.2) is 53.1 Å². The number of fused-ring (bicyclic) bond motifs is 1. The van der Waals surface area contributed by atoms with Gasteiger partial charge in [0, 0.05) is 5.02 Å². The largest absolute Gasteiger partial charge is 0.496 e. The molecule has 0 saturated carbocycles. The summed E-state index contributed by atoms with van der Waals surface area (Å²) in [6, 6.07) is 15.1. The van der Waals surface area contributed by atoms with Crippen LogP contribution >= 0.6 is 11.6 Å². The number of halogens is 1. The Morgan fingerprint density at radius 3 is 2.79 bits per heavy atom. The number of hydrogen-bond acceptors (Lipinski definition) is 7. The number of benzene rings is 2. The second-order valence-electron chi connectivity index (χ2n) is 6.54. The van der Waals surface area contributed by atoms with Crippen LogP contribution in [0, 0.1) is 0 Å². The van der Waals surface area contributed by atoms with Gasteiger partial charge in [-0.25, -0.2) is 4.68 Å². The third kappa shape index (κ3) is 3.26. The maximum absolute atomic E-state index is 6.03. The fourth-order valence-electron chi connectivity index (χ4n) is 3.31. The highest BCUT2D eigenvalue weighted by molar-refractivity contribution is 6.30. The van der Waals surface area contributed by atoms with Crippen molar-refractivity contribution in [1.29, 1.82) is 0 Å². The lowest BCUT2D eigenvalue weighted by Crippen LogP contribution is -2.22. The van der Waals surface area contributed by atoms with Crippen molar-refractivity contribution in [3.63, 3.8) is 0 Å².